The van der Waals surface area contributed by atoms with Crippen LogP contribution in [0, 0.1) is 5.92 Å². The van der Waals surface area contributed by atoms with Gasteiger partial charge in [-0.15, -0.1) is 11.3 Å². The fraction of sp³-hybridized carbons (Fsp3) is 0.667. The fourth-order valence-electron chi connectivity index (χ4n) is 2.27. The Kier molecular flexibility index (Phi) is 4.65. The molecule has 0 unspecified atom stereocenters. The molecule has 2 heterocycles. The van der Waals surface area contributed by atoms with Gasteiger partial charge in [-0.3, -0.25) is 0 Å². The van der Waals surface area contributed by atoms with Crippen molar-refractivity contribution >= 4 is 22.9 Å². The first-order valence-electron chi connectivity index (χ1n) is 5.87. The van der Waals surface area contributed by atoms with Crippen LogP contribution in [-0.2, 0) is 6.54 Å². The lowest BCUT2D eigenvalue weighted by Crippen LogP contribution is -2.34. The summed E-state index contributed by atoms with van der Waals surface area (Å²) in [4.78, 5) is 3.78. The van der Waals surface area contributed by atoms with E-state index in [0.29, 0.717) is 0 Å². The standard InChI is InChI=1S/C12H19ClN2S/c1-15(8-10-4-6-14-7-5-10)9-11-2-3-12(13)16-11/h2-3,10,14H,4-9H2,1H3. The van der Waals surface area contributed by atoms with E-state index >= 15 is 0 Å². The first-order valence-corrected chi connectivity index (χ1v) is 7.07. The van der Waals surface area contributed by atoms with Crippen molar-refractivity contribution in [1.29, 1.82) is 0 Å². The highest BCUT2D eigenvalue weighted by Gasteiger charge is 2.15. The Morgan fingerprint density at radius 2 is 2.19 bits per heavy atom. The summed E-state index contributed by atoms with van der Waals surface area (Å²) in [5, 5.41) is 3.41. The van der Waals surface area contributed by atoms with Gasteiger partial charge in [-0.05, 0) is 51.0 Å². The van der Waals surface area contributed by atoms with E-state index in [1.807, 2.05) is 6.07 Å². The molecule has 1 aromatic heterocycles. The summed E-state index contributed by atoms with van der Waals surface area (Å²) in [5.41, 5.74) is 0. The van der Waals surface area contributed by atoms with E-state index in [2.05, 4.69) is 23.3 Å². The summed E-state index contributed by atoms with van der Waals surface area (Å²) >= 11 is 7.62. The van der Waals surface area contributed by atoms with E-state index < -0.39 is 0 Å². The Morgan fingerprint density at radius 1 is 1.44 bits per heavy atom. The molecule has 0 atom stereocenters. The quantitative estimate of drug-likeness (QED) is 0.894. The van der Waals surface area contributed by atoms with E-state index in [1.54, 1.807) is 11.3 Å². The third kappa shape index (κ3) is 3.74. The smallest absolute Gasteiger partial charge is 0.0931 e. The zero-order chi connectivity index (χ0) is 11.4. The Morgan fingerprint density at radius 3 is 2.81 bits per heavy atom. The molecular formula is C12H19ClN2S. The maximum Gasteiger partial charge on any atom is 0.0931 e. The van der Waals surface area contributed by atoms with Crippen LogP contribution in [0.25, 0.3) is 0 Å². The highest BCUT2D eigenvalue weighted by atomic mass is 35.5. The molecule has 4 heteroatoms. The van der Waals surface area contributed by atoms with E-state index in [9.17, 15) is 0 Å². The molecule has 1 saturated heterocycles. The number of rotatable bonds is 4. The zero-order valence-electron chi connectivity index (χ0n) is 9.71. The molecule has 0 radical (unpaired) electrons. The molecule has 2 nitrogen and oxygen atoms in total. The summed E-state index contributed by atoms with van der Waals surface area (Å²) in [6.45, 7) is 4.60. The number of hydrogen-bond donors (Lipinski definition) is 1. The minimum Gasteiger partial charge on any atom is -0.317 e. The van der Waals surface area contributed by atoms with Crippen LogP contribution in [-0.4, -0.2) is 31.6 Å². The topological polar surface area (TPSA) is 15.3 Å². The van der Waals surface area contributed by atoms with Crippen LogP contribution in [0.2, 0.25) is 4.34 Å². The van der Waals surface area contributed by atoms with Crippen LogP contribution < -0.4 is 5.32 Å². The largest absolute Gasteiger partial charge is 0.317 e. The van der Waals surface area contributed by atoms with Crippen LogP contribution in [0.1, 0.15) is 17.7 Å². The van der Waals surface area contributed by atoms with Gasteiger partial charge in [-0.1, -0.05) is 11.6 Å². The Labute approximate surface area is 107 Å². The molecule has 0 aliphatic carbocycles. The van der Waals surface area contributed by atoms with Gasteiger partial charge in [0.2, 0.25) is 0 Å². The summed E-state index contributed by atoms with van der Waals surface area (Å²) in [6.07, 6.45) is 2.63. The maximum absolute atomic E-state index is 5.93. The lowest BCUT2D eigenvalue weighted by atomic mass is 9.98. The van der Waals surface area contributed by atoms with E-state index in [4.69, 9.17) is 11.6 Å². The molecular weight excluding hydrogens is 240 g/mol. The van der Waals surface area contributed by atoms with Crippen LogP contribution in [0.15, 0.2) is 12.1 Å². The predicted molar refractivity (Wildman–Crippen MR) is 71.3 cm³/mol. The lowest BCUT2D eigenvalue weighted by Gasteiger charge is -2.27. The summed E-state index contributed by atoms with van der Waals surface area (Å²) < 4.78 is 0.894. The van der Waals surface area contributed by atoms with Crippen molar-refractivity contribution in [2.45, 2.75) is 19.4 Å². The first-order chi connectivity index (χ1) is 7.74. The van der Waals surface area contributed by atoms with Crippen LogP contribution in [0.3, 0.4) is 0 Å². The van der Waals surface area contributed by atoms with Gasteiger partial charge < -0.3 is 10.2 Å². The van der Waals surface area contributed by atoms with Gasteiger partial charge in [0, 0.05) is 18.0 Å². The zero-order valence-corrected chi connectivity index (χ0v) is 11.3. The summed E-state index contributed by atoms with van der Waals surface area (Å²) in [7, 11) is 2.20. The Balaban J connectivity index is 1.77. The minimum absolute atomic E-state index is 0.863. The van der Waals surface area contributed by atoms with Crippen molar-refractivity contribution in [3.8, 4) is 0 Å². The van der Waals surface area contributed by atoms with Gasteiger partial charge in [0.25, 0.3) is 0 Å². The molecule has 1 aliphatic rings. The van der Waals surface area contributed by atoms with Gasteiger partial charge >= 0.3 is 0 Å². The molecule has 0 spiro atoms. The Hall–Kier alpha value is -0.0900. The average Bonchev–Trinajstić information content (AvgIpc) is 2.65. The molecule has 0 saturated carbocycles. The van der Waals surface area contributed by atoms with E-state index in [1.165, 1.54) is 37.4 Å². The second kappa shape index (κ2) is 6.01. The van der Waals surface area contributed by atoms with Gasteiger partial charge in [0.05, 0.1) is 4.34 Å². The third-order valence-corrected chi connectivity index (χ3v) is 4.30. The monoisotopic (exact) mass is 258 g/mol. The Bertz CT molecular complexity index is 321. The van der Waals surface area contributed by atoms with Gasteiger partial charge in [0.15, 0.2) is 0 Å². The van der Waals surface area contributed by atoms with Crippen molar-refractivity contribution in [1.82, 2.24) is 10.2 Å². The van der Waals surface area contributed by atoms with Crippen molar-refractivity contribution < 1.29 is 0 Å². The van der Waals surface area contributed by atoms with Crippen LogP contribution in [0.5, 0.6) is 0 Å². The second-order valence-electron chi connectivity index (χ2n) is 4.60. The fourth-order valence-corrected chi connectivity index (χ4v) is 3.44. The normalized spacial score (nSPS) is 18.2. The number of nitrogens with zero attached hydrogens (tertiary/aromatic N) is 1. The summed E-state index contributed by atoms with van der Waals surface area (Å²) in [5.74, 6) is 0.863. The van der Waals surface area contributed by atoms with E-state index in [-0.39, 0.29) is 0 Å². The second-order valence-corrected chi connectivity index (χ2v) is 6.40. The van der Waals surface area contributed by atoms with E-state index in [0.717, 1.165) is 16.8 Å². The van der Waals surface area contributed by atoms with Gasteiger partial charge in [0.1, 0.15) is 0 Å². The SMILES string of the molecule is CN(Cc1ccc(Cl)s1)CC1CCNCC1. The predicted octanol–water partition coefficient (Wildman–Crippen LogP) is 2.83. The molecule has 2 rings (SSSR count). The average molecular weight is 259 g/mol. The highest BCUT2D eigenvalue weighted by Crippen LogP contribution is 2.23. The molecule has 1 N–H and O–H groups in total. The molecule has 16 heavy (non-hydrogen) atoms. The van der Waals surface area contributed by atoms with Crippen LogP contribution in [0.4, 0.5) is 0 Å². The molecule has 1 aromatic rings. The summed E-state index contributed by atoms with van der Waals surface area (Å²) in [6, 6.07) is 4.12. The number of hydrogen-bond acceptors (Lipinski definition) is 3. The van der Waals surface area contributed by atoms with Crippen molar-refractivity contribution in [3.05, 3.63) is 21.3 Å². The molecule has 0 aromatic carbocycles. The lowest BCUT2D eigenvalue weighted by molar-refractivity contribution is 0.236. The van der Waals surface area contributed by atoms with Gasteiger partial charge in [-0.25, -0.2) is 0 Å². The molecule has 1 fully saturated rings. The number of thiophene rings is 1. The molecule has 1 aliphatic heterocycles. The number of piperidine rings is 1. The van der Waals surface area contributed by atoms with Crippen molar-refractivity contribution in [3.63, 3.8) is 0 Å². The van der Waals surface area contributed by atoms with Crippen molar-refractivity contribution in [2.24, 2.45) is 5.92 Å². The maximum atomic E-state index is 5.93. The van der Waals surface area contributed by atoms with Crippen molar-refractivity contribution in [2.75, 3.05) is 26.7 Å². The molecule has 0 amide bonds. The molecule has 0 bridgehead atoms. The third-order valence-electron chi connectivity index (χ3n) is 3.08. The van der Waals surface area contributed by atoms with Crippen LogP contribution >= 0.6 is 22.9 Å². The van der Waals surface area contributed by atoms with Gasteiger partial charge in [-0.2, -0.15) is 0 Å². The minimum atomic E-state index is 0.863. The number of nitrogens with one attached hydrogen (secondary N) is 1. The first kappa shape index (κ1) is 12.4. The number of halogens is 1. The highest BCUT2D eigenvalue weighted by molar-refractivity contribution is 7.16. The molecule has 90 valence electrons.